The van der Waals surface area contributed by atoms with Crippen molar-refractivity contribution in [1.82, 2.24) is 19.6 Å². The van der Waals surface area contributed by atoms with E-state index in [1.807, 2.05) is 32.2 Å². The highest BCUT2D eigenvalue weighted by Gasteiger charge is 2.15. The zero-order chi connectivity index (χ0) is 15.7. The summed E-state index contributed by atoms with van der Waals surface area (Å²) in [6.07, 6.45) is 6.99. The summed E-state index contributed by atoms with van der Waals surface area (Å²) in [6.45, 7) is 3.93. The van der Waals surface area contributed by atoms with Crippen molar-refractivity contribution in [3.05, 3.63) is 48.1 Å². The highest BCUT2D eigenvalue weighted by Crippen LogP contribution is 2.27. The standard InChI is InChI=1S/C16H14N6/c1-3-10(2)13-9-22-16(12(6-17)8-20-22)15(21-13)11-4-5-14(18)19-7-11/h3-5,7-9H,1-2H3,(H2,18,19)/b10-3+. The molecule has 22 heavy (non-hydrogen) atoms. The third-order valence-corrected chi connectivity index (χ3v) is 3.51. The molecule has 6 heteroatoms. The molecular formula is C16H14N6. The number of pyridine rings is 1. The van der Waals surface area contributed by atoms with Gasteiger partial charge in [-0.1, -0.05) is 6.08 Å². The second-order valence-electron chi connectivity index (χ2n) is 4.88. The van der Waals surface area contributed by atoms with Crippen molar-refractivity contribution >= 4 is 16.9 Å². The summed E-state index contributed by atoms with van der Waals surface area (Å²) in [7, 11) is 0. The van der Waals surface area contributed by atoms with E-state index in [1.54, 1.807) is 23.0 Å². The second-order valence-corrected chi connectivity index (χ2v) is 4.88. The highest BCUT2D eigenvalue weighted by molar-refractivity contribution is 5.82. The Hall–Kier alpha value is -3.20. The molecule has 3 aromatic rings. The molecule has 6 nitrogen and oxygen atoms in total. The van der Waals surface area contributed by atoms with E-state index in [4.69, 9.17) is 10.7 Å². The highest BCUT2D eigenvalue weighted by atomic mass is 15.2. The first kappa shape index (κ1) is 13.8. The zero-order valence-electron chi connectivity index (χ0n) is 12.3. The van der Waals surface area contributed by atoms with Crippen LogP contribution in [0.5, 0.6) is 0 Å². The van der Waals surface area contributed by atoms with Crippen LogP contribution in [0.2, 0.25) is 0 Å². The van der Waals surface area contributed by atoms with Crippen LogP contribution in [0.1, 0.15) is 25.1 Å². The molecule has 3 rings (SSSR count). The van der Waals surface area contributed by atoms with Gasteiger partial charge in [0.05, 0.1) is 23.8 Å². The molecule has 0 amide bonds. The molecule has 0 saturated heterocycles. The van der Waals surface area contributed by atoms with Gasteiger partial charge < -0.3 is 5.73 Å². The summed E-state index contributed by atoms with van der Waals surface area (Å²) in [5.41, 5.74) is 10.1. The molecule has 0 spiro atoms. The molecule has 0 aliphatic rings. The van der Waals surface area contributed by atoms with Gasteiger partial charge in [-0.2, -0.15) is 10.4 Å². The fourth-order valence-electron chi connectivity index (χ4n) is 2.18. The lowest BCUT2D eigenvalue weighted by molar-refractivity contribution is 0.940. The summed E-state index contributed by atoms with van der Waals surface area (Å²) >= 11 is 0. The van der Waals surface area contributed by atoms with E-state index in [2.05, 4.69) is 16.2 Å². The zero-order valence-corrected chi connectivity index (χ0v) is 12.3. The molecule has 2 N–H and O–H groups in total. The first-order chi connectivity index (χ1) is 10.6. The van der Waals surface area contributed by atoms with E-state index in [9.17, 15) is 5.26 Å². The number of nitriles is 1. The number of hydrogen-bond acceptors (Lipinski definition) is 5. The van der Waals surface area contributed by atoms with Crippen LogP contribution >= 0.6 is 0 Å². The SMILES string of the molecule is C/C=C(\C)c1cn2ncc(C#N)c2c(-c2ccc(N)nc2)n1. The lowest BCUT2D eigenvalue weighted by Crippen LogP contribution is -2.00. The quantitative estimate of drug-likeness (QED) is 0.783. The van der Waals surface area contributed by atoms with Crippen LogP contribution in [0.15, 0.2) is 36.8 Å². The Labute approximate surface area is 127 Å². The Morgan fingerprint density at radius 2 is 2.18 bits per heavy atom. The van der Waals surface area contributed by atoms with Crippen LogP contribution in [0.4, 0.5) is 5.82 Å². The molecular weight excluding hydrogens is 276 g/mol. The van der Waals surface area contributed by atoms with Crippen LogP contribution < -0.4 is 5.73 Å². The summed E-state index contributed by atoms with van der Waals surface area (Å²) < 4.78 is 1.68. The number of rotatable bonds is 2. The van der Waals surface area contributed by atoms with Crippen LogP contribution in [-0.4, -0.2) is 19.6 Å². The van der Waals surface area contributed by atoms with E-state index >= 15 is 0 Å². The minimum atomic E-state index is 0.439. The van der Waals surface area contributed by atoms with Crippen molar-refractivity contribution in [2.75, 3.05) is 5.73 Å². The van der Waals surface area contributed by atoms with E-state index < -0.39 is 0 Å². The number of fused-ring (bicyclic) bond motifs is 1. The minimum absolute atomic E-state index is 0.439. The van der Waals surface area contributed by atoms with E-state index in [0.717, 1.165) is 16.8 Å². The molecule has 0 bridgehead atoms. The molecule has 0 aliphatic heterocycles. The lowest BCUT2D eigenvalue weighted by Gasteiger charge is -2.08. The average Bonchev–Trinajstić information content (AvgIpc) is 2.97. The number of allylic oxidation sites excluding steroid dienone is 2. The molecule has 0 unspecified atom stereocenters. The Morgan fingerprint density at radius 3 is 2.82 bits per heavy atom. The molecule has 3 heterocycles. The normalized spacial score (nSPS) is 11.6. The molecule has 3 aromatic heterocycles. The molecule has 108 valence electrons. The Morgan fingerprint density at radius 1 is 1.36 bits per heavy atom. The summed E-state index contributed by atoms with van der Waals surface area (Å²) in [4.78, 5) is 8.80. The van der Waals surface area contributed by atoms with Gasteiger partial charge >= 0.3 is 0 Å². The fourth-order valence-corrected chi connectivity index (χ4v) is 2.18. The van der Waals surface area contributed by atoms with E-state index in [0.29, 0.717) is 22.6 Å². The van der Waals surface area contributed by atoms with Crippen LogP contribution in [0.3, 0.4) is 0 Å². The first-order valence-electron chi connectivity index (χ1n) is 6.77. The van der Waals surface area contributed by atoms with Gasteiger partial charge in [0.25, 0.3) is 0 Å². The Balaban J connectivity index is 2.36. The van der Waals surface area contributed by atoms with Crippen molar-refractivity contribution in [1.29, 1.82) is 5.26 Å². The second kappa shape index (κ2) is 5.30. The fraction of sp³-hybridized carbons (Fsp3) is 0.125. The molecule has 0 radical (unpaired) electrons. The van der Waals surface area contributed by atoms with Crippen molar-refractivity contribution in [3.8, 4) is 17.3 Å². The van der Waals surface area contributed by atoms with Gasteiger partial charge in [0, 0.05) is 11.8 Å². The number of anilines is 1. The predicted octanol–water partition coefficient (Wildman–Crippen LogP) is 2.67. The molecule has 0 aliphatic carbocycles. The summed E-state index contributed by atoms with van der Waals surface area (Å²) in [5, 5.41) is 13.5. The maximum atomic E-state index is 9.29. The van der Waals surface area contributed by atoms with Gasteiger partial charge in [-0.05, 0) is 31.6 Å². The number of aromatic nitrogens is 4. The van der Waals surface area contributed by atoms with E-state index in [-0.39, 0.29) is 0 Å². The van der Waals surface area contributed by atoms with E-state index in [1.165, 1.54) is 0 Å². The maximum absolute atomic E-state index is 9.29. The largest absolute Gasteiger partial charge is 0.384 e. The number of hydrogen-bond donors (Lipinski definition) is 1. The van der Waals surface area contributed by atoms with Crippen molar-refractivity contribution < 1.29 is 0 Å². The van der Waals surface area contributed by atoms with Gasteiger partial charge in [-0.15, -0.1) is 0 Å². The Bertz CT molecular complexity index is 912. The van der Waals surface area contributed by atoms with Crippen molar-refractivity contribution in [3.63, 3.8) is 0 Å². The molecule has 0 atom stereocenters. The van der Waals surface area contributed by atoms with Gasteiger partial charge in [-0.3, -0.25) is 0 Å². The minimum Gasteiger partial charge on any atom is -0.384 e. The predicted molar refractivity (Wildman–Crippen MR) is 84.7 cm³/mol. The number of nitrogens with zero attached hydrogens (tertiary/aromatic N) is 5. The third-order valence-electron chi connectivity index (χ3n) is 3.51. The van der Waals surface area contributed by atoms with Gasteiger partial charge in [-0.25, -0.2) is 14.5 Å². The van der Waals surface area contributed by atoms with Crippen molar-refractivity contribution in [2.24, 2.45) is 0 Å². The summed E-state index contributed by atoms with van der Waals surface area (Å²) in [6, 6.07) is 5.71. The molecule has 0 aromatic carbocycles. The van der Waals surface area contributed by atoms with Gasteiger partial charge in [0.2, 0.25) is 0 Å². The number of nitrogen functional groups attached to an aromatic ring is 1. The number of nitrogens with two attached hydrogens (primary N) is 1. The summed E-state index contributed by atoms with van der Waals surface area (Å²) in [5.74, 6) is 0.439. The Kier molecular flexibility index (Phi) is 3.31. The van der Waals surface area contributed by atoms with Crippen LogP contribution in [0.25, 0.3) is 22.3 Å². The smallest absolute Gasteiger partial charge is 0.123 e. The third kappa shape index (κ3) is 2.19. The van der Waals surface area contributed by atoms with Crippen LogP contribution in [0, 0.1) is 11.3 Å². The molecule has 0 fully saturated rings. The first-order valence-corrected chi connectivity index (χ1v) is 6.77. The maximum Gasteiger partial charge on any atom is 0.123 e. The average molecular weight is 290 g/mol. The lowest BCUT2D eigenvalue weighted by atomic mass is 10.1. The van der Waals surface area contributed by atoms with Gasteiger partial charge in [0.1, 0.15) is 23.0 Å². The van der Waals surface area contributed by atoms with Gasteiger partial charge in [0.15, 0.2) is 0 Å². The van der Waals surface area contributed by atoms with Crippen LogP contribution in [-0.2, 0) is 0 Å². The monoisotopic (exact) mass is 290 g/mol. The van der Waals surface area contributed by atoms with Crippen molar-refractivity contribution in [2.45, 2.75) is 13.8 Å². The molecule has 0 saturated carbocycles. The topological polar surface area (TPSA) is 92.9 Å².